The molecule has 1 aliphatic heterocycles. The van der Waals surface area contributed by atoms with Crippen LogP contribution in [0.15, 0.2) is 28.7 Å². The molecule has 1 nitrogen and oxygen atoms in total. The second kappa shape index (κ2) is 7.86. The molecule has 1 aliphatic rings. The van der Waals surface area contributed by atoms with E-state index >= 15 is 0 Å². The summed E-state index contributed by atoms with van der Waals surface area (Å²) >= 11 is 3.58. The normalized spacial score (nSPS) is 21.3. The molecular weight excluding hydrogens is 300 g/mol. The number of rotatable bonds is 3. The Morgan fingerprint density at radius 3 is 3.05 bits per heavy atom. The number of benzene rings is 1. The van der Waals surface area contributed by atoms with Crippen molar-refractivity contribution in [1.82, 2.24) is 0 Å². The summed E-state index contributed by atoms with van der Waals surface area (Å²) in [7, 11) is 0. The van der Waals surface area contributed by atoms with Crippen LogP contribution in [0.4, 0.5) is 0 Å². The average molecular weight is 323 g/mol. The van der Waals surface area contributed by atoms with Crippen molar-refractivity contribution < 1.29 is 4.74 Å². The quantitative estimate of drug-likeness (QED) is 0.727. The molecule has 0 spiro atoms. The molecular formula is C17H23BrO. The van der Waals surface area contributed by atoms with Gasteiger partial charge < -0.3 is 4.74 Å². The van der Waals surface area contributed by atoms with Crippen molar-refractivity contribution in [2.75, 3.05) is 13.2 Å². The van der Waals surface area contributed by atoms with Gasteiger partial charge in [-0.05, 0) is 55.7 Å². The molecule has 0 bridgehead atoms. The Balaban J connectivity index is 1.89. The van der Waals surface area contributed by atoms with Gasteiger partial charge in [0.1, 0.15) is 0 Å². The van der Waals surface area contributed by atoms with Gasteiger partial charge in [0.2, 0.25) is 0 Å². The zero-order valence-corrected chi connectivity index (χ0v) is 13.3. The van der Waals surface area contributed by atoms with Gasteiger partial charge in [-0.15, -0.1) is 0 Å². The molecule has 1 heterocycles. The molecule has 19 heavy (non-hydrogen) atoms. The lowest BCUT2D eigenvalue weighted by Crippen LogP contribution is -2.09. The van der Waals surface area contributed by atoms with E-state index in [1.165, 1.54) is 47.7 Å². The fourth-order valence-corrected chi connectivity index (χ4v) is 2.94. The van der Waals surface area contributed by atoms with Gasteiger partial charge in [-0.2, -0.15) is 0 Å². The molecule has 0 N–H and O–H groups in total. The number of hydrogen-bond donors (Lipinski definition) is 0. The Hall–Kier alpha value is -0.600. The molecule has 1 atom stereocenters. The molecule has 0 amide bonds. The van der Waals surface area contributed by atoms with Gasteiger partial charge in [-0.25, -0.2) is 0 Å². The highest BCUT2D eigenvalue weighted by Crippen LogP contribution is 2.23. The Labute approximate surface area is 125 Å². The third kappa shape index (κ3) is 4.77. The lowest BCUT2D eigenvalue weighted by atomic mass is 9.94. The molecule has 104 valence electrons. The van der Waals surface area contributed by atoms with E-state index in [9.17, 15) is 0 Å². The van der Waals surface area contributed by atoms with E-state index in [1.807, 2.05) is 0 Å². The topological polar surface area (TPSA) is 9.23 Å². The molecule has 0 radical (unpaired) electrons. The van der Waals surface area contributed by atoms with Gasteiger partial charge in [0.15, 0.2) is 0 Å². The number of ether oxygens (including phenoxy) is 1. The van der Waals surface area contributed by atoms with Crippen LogP contribution in [0.2, 0.25) is 0 Å². The first-order chi connectivity index (χ1) is 9.27. The van der Waals surface area contributed by atoms with Crippen molar-refractivity contribution in [3.05, 3.63) is 39.9 Å². The zero-order chi connectivity index (χ0) is 13.5. The number of hydrogen-bond acceptors (Lipinski definition) is 1. The van der Waals surface area contributed by atoms with Gasteiger partial charge in [0, 0.05) is 17.7 Å². The van der Waals surface area contributed by atoms with E-state index < -0.39 is 0 Å². The van der Waals surface area contributed by atoms with Gasteiger partial charge >= 0.3 is 0 Å². The standard InChI is InChI=1S/C17H23BrO/c1-14-16(9-5-10-17(14)18)8-4-7-15-6-2-3-12-19-13-11-15/h4-5,8-10,15H,2-3,6-7,11-13H2,1H3/b8-4+. The fourth-order valence-electron chi connectivity index (χ4n) is 2.56. The van der Waals surface area contributed by atoms with E-state index in [0.717, 1.165) is 19.1 Å². The molecule has 1 unspecified atom stereocenters. The molecule has 0 aromatic heterocycles. The van der Waals surface area contributed by atoms with Gasteiger partial charge in [0.05, 0.1) is 0 Å². The Morgan fingerprint density at radius 1 is 1.26 bits per heavy atom. The first kappa shape index (κ1) is 14.8. The van der Waals surface area contributed by atoms with Crippen molar-refractivity contribution in [1.29, 1.82) is 0 Å². The highest BCUT2D eigenvalue weighted by molar-refractivity contribution is 9.10. The predicted molar refractivity (Wildman–Crippen MR) is 85.3 cm³/mol. The maximum atomic E-state index is 5.57. The van der Waals surface area contributed by atoms with Crippen molar-refractivity contribution in [2.24, 2.45) is 5.92 Å². The van der Waals surface area contributed by atoms with Gasteiger partial charge in [-0.3, -0.25) is 0 Å². The Kier molecular flexibility index (Phi) is 6.12. The minimum Gasteiger partial charge on any atom is -0.381 e. The van der Waals surface area contributed by atoms with E-state index in [1.54, 1.807) is 0 Å². The van der Waals surface area contributed by atoms with Crippen LogP contribution in [0.25, 0.3) is 6.08 Å². The maximum absolute atomic E-state index is 5.57. The minimum atomic E-state index is 0.795. The third-order valence-electron chi connectivity index (χ3n) is 3.90. The maximum Gasteiger partial charge on any atom is 0.0468 e. The largest absolute Gasteiger partial charge is 0.381 e. The van der Waals surface area contributed by atoms with Crippen LogP contribution in [0.3, 0.4) is 0 Å². The van der Waals surface area contributed by atoms with Crippen molar-refractivity contribution in [3.8, 4) is 0 Å². The van der Waals surface area contributed by atoms with Crippen LogP contribution in [0.5, 0.6) is 0 Å². The molecule has 2 rings (SSSR count). The van der Waals surface area contributed by atoms with Crippen LogP contribution >= 0.6 is 15.9 Å². The lowest BCUT2D eigenvalue weighted by Gasteiger charge is -2.18. The third-order valence-corrected chi connectivity index (χ3v) is 4.76. The summed E-state index contributed by atoms with van der Waals surface area (Å²) in [6, 6.07) is 6.37. The van der Waals surface area contributed by atoms with Crippen LogP contribution in [-0.4, -0.2) is 13.2 Å². The Morgan fingerprint density at radius 2 is 2.16 bits per heavy atom. The van der Waals surface area contributed by atoms with E-state index in [4.69, 9.17) is 4.74 Å². The minimum absolute atomic E-state index is 0.795. The molecule has 1 aromatic carbocycles. The second-order valence-corrected chi connectivity index (χ2v) is 6.21. The number of halogens is 1. The number of allylic oxidation sites excluding steroid dienone is 1. The molecule has 1 saturated heterocycles. The van der Waals surface area contributed by atoms with Crippen LogP contribution < -0.4 is 0 Å². The van der Waals surface area contributed by atoms with E-state index in [2.05, 4.69) is 53.2 Å². The summed E-state index contributed by atoms with van der Waals surface area (Å²) in [4.78, 5) is 0. The summed E-state index contributed by atoms with van der Waals surface area (Å²) in [6.45, 7) is 4.06. The molecule has 2 heteroatoms. The smallest absolute Gasteiger partial charge is 0.0468 e. The van der Waals surface area contributed by atoms with Crippen LogP contribution in [-0.2, 0) is 4.74 Å². The summed E-state index contributed by atoms with van der Waals surface area (Å²) in [6.07, 6.45) is 10.9. The Bertz CT molecular complexity index is 417. The van der Waals surface area contributed by atoms with Crippen molar-refractivity contribution in [3.63, 3.8) is 0 Å². The average Bonchev–Trinajstić information content (AvgIpc) is 2.37. The van der Waals surface area contributed by atoms with Gasteiger partial charge in [-0.1, -0.05) is 46.6 Å². The highest BCUT2D eigenvalue weighted by atomic mass is 79.9. The zero-order valence-electron chi connectivity index (χ0n) is 11.7. The summed E-state index contributed by atoms with van der Waals surface area (Å²) in [5, 5.41) is 0. The lowest BCUT2D eigenvalue weighted by molar-refractivity contribution is 0.101. The molecule has 1 aromatic rings. The van der Waals surface area contributed by atoms with E-state index in [-0.39, 0.29) is 0 Å². The fraction of sp³-hybridized carbons (Fsp3) is 0.529. The van der Waals surface area contributed by atoms with Gasteiger partial charge in [0.25, 0.3) is 0 Å². The van der Waals surface area contributed by atoms with Crippen molar-refractivity contribution in [2.45, 2.75) is 39.0 Å². The van der Waals surface area contributed by atoms with E-state index in [0.29, 0.717) is 0 Å². The monoisotopic (exact) mass is 322 g/mol. The highest BCUT2D eigenvalue weighted by Gasteiger charge is 2.09. The predicted octanol–water partition coefficient (Wildman–Crippen LogP) is 5.37. The molecule has 0 aliphatic carbocycles. The second-order valence-electron chi connectivity index (χ2n) is 5.35. The molecule has 1 fully saturated rings. The first-order valence-electron chi connectivity index (χ1n) is 7.27. The first-order valence-corrected chi connectivity index (χ1v) is 8.06. The summed E-state index contributed by atoms with van der Waals surface area (Å²) in [5.74, 6) is 0.795. The van der Waals surface area contributed by atoms with Crippen LogP contribution in [0.1, 0.15) is 43.2 Å². The van der Waals surface area contributed by atoms with Crippen molar-refractivity contribution >= 4 is 22.0 Å². The summed E-state index contributed by atoms with van der Waals surface area (Å²) < 4.78 is 6.76. The SMILES string of the molecule is Cc1c(Br)cccc1/C=C/CC1CCCCOCC1. The molecule has 0 saturated carbocycles. The van der Waals surface area contributed by atoms with Crippen LogP contribution in [0, 0.1) is 12.8 Å². The summed E-state index contributed by atoms with van der Waals surface area (Å²) in [5.41, 5.74) is 2.64.